The Morgan fingerprint density at radius 3 is 2.54 bits per heavy atom. The van der Waals surface area contributed by atoms with Gasteiger partial charge in [-0.25, -0.2) is 9.79 Å². The molecular weight excluding hydrogens is 460 g/mol. The third kappa shape index (κ3) is 4.73. The number of hydrogen-bond donors (Lipinski definition) is 2. The molecule has 1 saturated heterocycles. The fraction of sp³-hybridized carbons (Fsp3) is 0.259. The van der Waals surface area contributed by atoms with Crippen molar-refractivity contribution >= 4 is 39.6 Å². The van der Waals surface area contributed by atoms with Crippen LogP contribution in [-0.4, -0.2) is 69.5 Å². The molecule has 0 bridgehead atoms. The van der Waals surface area contributed by atoms with Crippen LogP contribution in [-0.2, 0) is 13.6 Å². The summed E-state index contributed by atoms with van der Waals surface area (Å²) in [5.74, 6) is -0.951. The van der Waals surface area contributed by atoms with Gasteiger partial charge in [0.15, 0.2) is 0 Å². The van der Waals surface area contributed by atoms with E-state index in [1.807, 2.05) is 29.0 Å². The highest BCUT2D eigenvalue weighted by molar-refractivity contribution is 7.08. The van der Waals surface area contributed by atoms with Crippen LogP contribution in [0.5, 0.6) is 5.88 Å². The molecule has 7 nitrogen and oxygen atoms in total. The molecule has 0 atom stereocenters. The predicted molar refractivity (Wildman–Crippen MR) is 140 cm³/mol. The van der Waals surface area contributed by atoms with Crippen LogP contribution in [0.3, 0.4) is 0 Å². The zero-order valence-electron chi connectivity index (χ0n) is 19.8. The van der Waals surface area contributed by atoms with Crippen molar-refractivity contribution in [2.75, 3.05) is 33.2 Å². The van der Waals surface area contributed by atoms with Gasteiger partial charge in [0.2, 0.25) is 5.88 Å². The smallest absolute Gasteiger partial charge is 0.335 e. The number of rotatable bonds is 6. The molecule has 1 aliphatic heterocycles. The Labute approximate surface area is 208 Å². The van der Waals surface area contributed by atoms with Gasteiger partial charge in [0.25, 0.3) is 0 Å². The summed E-state index contributed by atoms with van der Waals surface area (Å²) in [4.78, 5) is 21.5. The van der Waals surface area contributed by atoms with Gasteiger partial charge in [-0.1, -0.05) is 12.1 Å². The fourth-order valence-electron chi connectivity index (χ4n) is 4.58. The van der Waals surface area contributed by atoms with Crippen molar-refractivity contribution in [3.8, 4) is 5.88 Å². The van der Waals surface area contributed by atoms with E-state index in [0.717, 1.165) is 49.5 Å². The van der Waals surface area contributed by atoms with Gasteiger partial charge in [0.1, 0.15) is 0 Å². The number of nitrogens with zero attached hydrogens (tertiary/aromatic N) is 4. The van der Waals surface area contributed by atoms with Crippen molar-refractivity contribution < 1.29 is 15.0 Å². The molecule has 35 heavy (non-hydrogen) atoms. The summed E-state index contributed by atoms with van der Waals surface area (Å²) in [5, 5.41) is 25.3. The van der Waals surface area contributed by atoms with Crippen molar-refractivity contribution in [3.63, 3.8) is 0 Å². The molecule has 0 aliphatic carbocycles. The van der Waals surface area contributed by atoms with Crippen LogP contribution in [0.25, 0.3) is 10.9 Å². The molecule has 1 fully saturated rings. The van der Waals surface area contributed by atoms with Gasteiger partial charge < -0.3 is 19.7 Å². The molecule has 0 amide bonds. The number of carboxylic acids is 1. The van der Waals surface area contributed by atoms with Gasteiger partial charge in [-0.15, -0.1) is 0 Å². The lowest BCUT2D eigenvalue weighted by atomic mass is 10.0. The lowest BCUT2D eigenvalue weighted by Crippen LogP contribution is -2.43. The summed E-state index contributed by atoms with van der Waals surface area (Å²) in [6, 6.07) is 15.0. The van der Waals surface area contributed by atoms with E-state index in [-0.39, 0.29) is 11.4 Å². The molecular formula is C27H28N4O3S. The second-order valence-corrected chi connectivity index (χ2v) is 9.80. The summed E-state index contributed by atoms with van der Waals surface area (Å²) in [5.41, 5.74) is 4.93. The number of benzene rings is 2. The number of piperazine rings is 1. The first-order valence-corrected chi connectivity index (χ1v) is 12.5. The van der Waals surface area contributed by atoms with Crippen LogP contribution in [0.1, 0.15) is 27.0 Å². The number of carbonyl (C=O) groups is 1. The maximum absolute atomic E-state index is 11.7. The summed E-state index contributed by atoms with van der Waals surface area (Å²) in [6.07, 6.45) is 0. The summed E-state index contributed by atoms with van der Waals surface area (Å²) in [6.45, 7) is 5.09. The Kier molecular flexibility index (Phi) is 6.42. The average molecular weight is 489 g/mol. The van der Waals surface area contributed by atoms with Crippen LogP contribution >= 0.6 is 11.3 Å². The summed E-state index contributed by atoms with van der Waals surface area (Å²) < 4.78 is 1.67. The maximum Gasteiger partial charge on any atom is 0.335 e. The van der Waals surface area contributed by atoms with E-state index >= 15 is 0 Å². The number of hydrogen-bond acceptors (Lipinski definition) is 6. The highest BCUT2D eigenvalue weighted by Crippen LogP contribution is 2.35. The van der Waals surface area contributed by atoms with E-state index in [0.29, 0.717) is 16.7 Å². The number of thiophene rings is 1. The Balaban J connectivity index is 1.59. The number of aryl methyl sites for hydroxylation is 1. The van der Waals surface area contributed by atoms with Gasteiger partial charge in [-0.05, 0) is 54.4 Å². The van der Waals surface area contributed by atoms with Gasteiger partial charge in [-0.3, -0.25) is 4.90 Å². The predicted octanol–water partition coefficient (Wildman–Crippen LogP) is 4.56. The Morgan fingerprint density at radius 1 is 1.03 bits per heavy atom. The molecule has 2 N–H and O–H groups in total. The normalized spacial score (nSPS) is 15.7. The highest BCUT2D eigenvalue weighted by Gasteiger charge is 2.22. The van der Waals surface area contributed by atoms with Crippen LogP contribution in [0.15, 0.2) is 64.3 Å². The molecule has 2 aromatic heterocycles. The third-order valence-corrected chi connectivity index (χ3v) is 7.28. The minimum Gasteiger partial charge on any atom is -0.494 e. The minimum absolute atomic E-state index is 0.0566. The zero-order chi connectivity index (χ0) is 24.5. The van der Waals surface area contributed by atoms with E-state index < -0.39 is 5.97 Å². The lowest BCUT2D eigenvalue weighted by molar-refractivity contribution is 0.0697. The van der Waals surface area contributed by atoms with Crippen LogP contribution < -0.4 is 0 Å². The topological polar surface area (TPSA) is 81.3 Å². The van der Waals surface area contributed by atoms with E-state index in [9.17, 15) is 15.0 Å². The molecule has 0 unspecified atom stereocenters. The van der Waals surface area contributed by atoms with E-state index in [1.165, 1.54) is 5.56 Å². The number of carboxylic acid groups (broad SMARTS) is 1. The third-order valence-electron chi connectivity index (χ3n) is 6.60. The van der Waals surface area contributed by atoms with Gasteiger partial charge in [-0.2, -0.15) is 11.3 Å². The Bertz CT molecular complexity index is 1400. The largest absolute Gasteiger partial charge is 0.494 e. The molecule has 5 rings (SSSR count). The molecule has 2 aromatic carbocycles. The van der Waals surface area contributed by atoms with Crippen molar-refractivity contribution in [2.24, 2.45) is 12.0 Å². The second-order valence-electron chi connectivity index (χ2n) is 9.02. The fourth-order valence-corrected chi connectivity index (χ4v) is 5.22. The summed E-state index contributed by atoms with van der Waals surface area (Å²) >= 11 is 1.55. The number of fused-ring (bicyclic) bond motifs is 1. The van der Waals surface area contributed by atoms with Crippen molar-refractivity contribution in [2.45, 2.75) is 6.54 Å². The van der Waals surface area contributed by atoms with Gasteiger partial charge in [0, 0.05) is 56.1 Å². The van der Waals surface area contributed by atoms with E-state index in [4.69, 9.17) is 4.99 Å². The number of aromatic carboxylic acids is 1. The van der Waals surface area contributed by atoms with Crippen molar-refractivity contribution in [1.29, 1.82) is 0 Å². The first-order chi connectivity index (χ1) is 16.9. The van der Waals surface area contributed by atoms with E-state index in [2.05, 4.69) is 29.0 Å². The quantitative estimate of drug-likeness (QED) is 0.389. The van der Waals surface area contributed by atoms with Crippen molar-refractivity contribution in [3.05, 3.63) is 81.5 Å². The Hall–Kier alpha value is -3.46. The summed E-state index contributed by atoms with van der Waals surface area (Å²) in [7, 11) is 3.92. The number of aromatic hydroxyl groups is 1. The molecule has 180 valence electrons. The molecule has 8 heteroatoms. The Morgan fingerprint density at radius 2 is 1.83 bits per heavy atom. The maximum atomic E-state index is 11.7. The van der Waals surface area contributed by atoms with Crippen LogP contribution in [0, 0.1) is 0 Å². The first kappa shape index (κ1) is 23.3. The lowest BCUT2D eigenvalue weighted by Gasteiger charge is -2.32. The standard InChI is InChI=1S/C27H28N4O3S/c1-29-9-11-31(12-10-29)16-18-4-3-5-21(14-18)28-25(20-8-13-35-17-20)24-22-15-19(27(33)34)6-7-23(22)30(2)26(24)32/h3-8,13-15,17,32H,9-12,16H2,1-2H3,(H,33,34). The molecule has 1 aliphatic rings. The highest BCUT2D eigenvalue weighted by atomic mass is 32.1. The van der Waals surface area contributed by atoms with Gasteiger partial charge >= 0.3 is 5.97 Å². The van der Waals surface area contributed by atoms with Crippen LogP contribution in [0.2, 0.25) is 0 Å². The average Bonchev–Trinajstić information content (AvgIpc) is 3.47. The number of aliphatic imine (C=N–C) groups is 1. The first-order valence-electron chi connectivity index (χ1n) is 11.6. The number of likely N-dealkylation sites (N-methyl/N-ethyl adjacent to an activating group) is 1. The van der Waals surface area contributed by atoms with Crippen LogP contribution in [0.4, 0.5) is 5.69 Å². The molecule has 0 spiro atoms. The molecule has 3 heterocycles. The molecule has 4 aromatic rings. The zero-order valence-corrected chi connectivity index (χ0v) is 20.6. The minimum atomic E-state index is -1.01. The van der Waals surface area contributed by atoms with E-state index in [1.54, 1.807) is 41.2 Å². The monoisotopic (exact) mass is 488 g/mol. The molecule has 0 radical (unpaired) electrons. The second kappa shape index (κ2) is 9.65. The van der Waals surface area contributed by atoms with Gasteiger partial charge in [0.05, 0.1) is 28.0 Å². The van der Waals surface area contributed by atoms with Crippen molar-refractivity contribution in [1.82, 2.24) is 14.4 Å². The molecule has 0 saturated carbocycles. The number of aromatic nitrogens is 1. The SMILES string of the molecule is CN1CCN(Cc2cccc(N=C(c3ccsc3)c3c(O)n(C)c4ccc(C(=O)O)cc34)c2)CC1.